The molecule has 2 aromatic carbocycles. The Bertz CT molecular complexity index is 1110. The average Bonchev–Trinajstić information content (AvgIpc) is 3.17. The fraction of sp³-hybridized carbons (Fsp3) is 0.261. The van der Waals surface area contributed by atoms with Gasteiger partial charge < -0.3 is 5.32 Å². The Balaban J connectivity index is 1.65. The summed E-state index contributed by atoms with van der Waals surface area (Å²) in [5, 5.41) is 8.04. The molecule has 1 aromatic heterocycles. The van der Waals surface area contributed by atoms with Crippen molar-refractivity contribution in [1.29, 1.82) is 0 Å². The average molecular weight is 388 g/mol. The smallest absolute Gasteiger partial charge is 0.226 e. The highest BCUT2D eigenvalue weighted by molar-refractivity contribution is 5.99. The van der Waals surface area contributed by atoms with E-state index in [0.717, 1.165) is 41.7 Å². The first-order valence-electron chi connectivity index (χ1n) is 9.98. The molecule has 0 saturated carbocycles. The lowest BCUT2D eigenvalue weighted by atomic mass is 9.85. The third-order valence-electron chi connectivity index (χ3n) is 5.67. The predicted molar refractivity (Wildman–Crippen MR) is 109 cm³/mol. The van der Waals surface area contributed by atoms with Crippen LogP contribution in [0.3, 0.4) is 0 Å². The van der Waals surface area contributed by atoms with Crippen LogP contribution < -0.4 is 5.32 Å². The first kappa shape index (κ1) is 17.8. The number of nitrogens with zero attached hydrogens (tertiary/aromatic N) is 3. The summed E-state index contributed by atoms with van der Waals surface area (Å²) in [5.74, 6) is 0.984. The third-order valence-corrected chi connectivity index (χ3v) is 5.67. The molecule has 1 aliphatic heterocycles. The summed E-state index contributed by atoms with van der Waals surface area (Å²) in [4.78, 5) is 17.5. The highest BCUT2D eigenvalue weighted by Crippen LogP contribution is 2.40. The van der Waals surface area contributed by atoms with Crippen molar-refractivity contribution in [1.82, 2.24) is 14.8 Å². The lowest BCUT2D eigenvalue weighted by molar-refractivity contribution is -0.116. The van der Waals surface area contributed by atoms with Gasteiger partial charge in [0.15, 0.2) is 11.6 Å². The number of nitrogens with one attached hydrogen (secondary N) is 1. The van der Waals surface area contributed by atoms with E-state index in [1.165, 1.54) is 17.7 Å². The van der Waals surface area contributed by atoms with Crippen LogP contribution in [0.5, 0.6) is 0 Å². The molecule has 29 heavy (non-hydrogen) atoms. The van der Waals surface area contributed by atoms with Gasteiger partial charge in [-0.25, -0.2) is 9.07 Å². The van der Waals surface area contributed by atoms with Crippen LogP contribution in [0.25, 0.3) is 11.4 Å². The summed E-state index contributed by atoms with van der Waals surface area (Å²) >= 11 is 0. The highest BCUT2D eigenvalue weighted by atomic mass is 19.1. The fourth-order valence-electron chi connectivity index (χ4n) is 4.12. The van der Waals surface area contributed by atoms with Gasteiger partial charge in [-0.2, -0.15) is 4.98 Å². The van der Waals surface area contributed by atoms with Gasteiger partial charge in [0.1, 0.15) is 11.9 Å². The Morgan fingerprint density at radius 2 is 1.86 bits per heavy atom. The van der Waals surface area contributed by atoms with Crippen molar-refractivity contribution in [3.05, 3.63) is 76.7 Å². The molecule has 0 radical (unpaired) electrons. The molecule has 0 saturated heterocycles. The summed E-state index contributed by atoms with van der Waals surface area (Å²) in [7, 11) is 0. The zero-order valence-corrected chi connectivity index (χ0v) is 16.2. The van der Waals surface area contributed by atoms with Gasteiger partial charge >= 0.3 is 0 Å². The maximum absolute atomic E-state index is 13.3. The second-order valence-corrected chi connectivity index (χ2v) is 7.50. The Labute approximate surface area is 168 Å². The van der Waals surface area contributed by atoms with Crippen molar-refractivity contribution in [3.8, 4) is 11.4 Å². The van der Waals surface area contributed by atoms with E-state index in [1.54, 1.807) is 16.8 Å². The largest absolute Gasteiger partial charge is 0.328 e. The van der Waals surface area contributed by atoms with Crippen molar-refractivity contribution in [2.24, 2.45) is 0 Å². The van der Waals surface area contributed by atoms with Gasteiger partial charge in [-0.15, -0.1) is 5.10 Å². The number of aromatic nitrogens is 3. The molecule has 5 nitrogen and oxygen atoms in total. The second kappa shape index (κ2) is 6.95. The Morgan fingerprint density at radius 1 is 1.10 bits per heavy atom. The van der Waals surface area contributed by atoms with Gasteiger partial charge in [0.2, 0.25) is 5.95 Å². The number of hydrogen-bond acceptors (Lipinski definition) is 4. The number of hydrogen-bond donors (Lipinski definition) is 1. The molecule has 1 N–H and O–H groups in total. The molecule has 0 fully saturated rings. The topological polar surface area (TPSA) is 59.8 Å². The molecule has 146 valence electrons. The molecule has 1 atom stereocenters. The number of allylic oxidation sites excluding steroid dienone is 2. The number of anilines is 1. The minimum Gasteiger partial charge on any atom is -0.328 e. The van der Waals surface area contributed by atoms with Crippen molar-refractivity contribution in [2.75, 3.05) is 5.32 Å². The minimum atomic E-state index is -0.304. The molecule has 2 aliphatic rings. The van der Waals surface area contributed by atoms with Gasteiger partial charge in [0.05, 0.1) is 0 Å². The van der Waals surface area contributed by atoms with E-state index in [1.807, 2.05) is 0 Å². The van der Waals surface area contributed by atoms with Crippen LogP contribution in [-0.2, 0) is 11.2 Å². The molecule has 0 spiro atoms. The van der Waals surface area contributed by atoms with E-state index >= 15 is 0 Å². The molecule has 0 amide bonds. The van der Waals surface area contributed by atoms with Crippen molar-refractivity contribution < 1.29 is 9.18 Å². The van der Waals surface area contributed by atoms with Gasteiger partial charge in [-0.3, -0.25) is 4.79 Å². The van der Waals surface area contributed by atoms with Crippen molar-refractivity contribution in [2.45, 2.75) is 38.6 Å². The standard InChI is InChI=1S/C23H21FN4O/c1-2-14-6-8-15(9-7-14)21-20-18(4-3-5-19(20)29)25-23-26-22(27-28(21)23)16-10-12-17(24)13-11-16/h6-13,21H,2-5H2,1H3,(H,25,26,27). The van der Waals surface area contributed by atoms with Crippen molar-refractivity contribution in [3.63, 3.8) is 0 Å². The monoisotopic (exact) mass is 388 g/mol. The predicted octanol–water partition coefficient (Wildman–Crippen LogP) is 4.67. The number of ketones is 1. The third kappa shape index (κ3) is 3.05. The lowest BCUT2D eigenvalue weighted by Gasteiger charge is -2.32. The fourth-order valence-corrected chi connectivity index (χ4v) is 4.12. The number of carbonyl (C=O) groups is 1. The number of fused-ring (bicyclic) bond motifs is 1. The van der Waals surface area contributed by atoms with E-state index in [2.05, 4.69) is 41.5 Å². The van der Waals surface area contributed by atoms with Gasteiger partial charge in [0, 0.05) is 23.3 Å². The molecular weight excluding hydrogens is 367 g/mol. The molecule has 0 bridgehead atoms. The summed E-state index contributed by atoms with van der Waals surface area (Å²) in [6.45, 7) is 2.12. The first-order valence-corrected chi connectivity index (χ1v) is 9.98. The molecular formula is C23H21FN4O. The maximum Gasteiger partial charge on any atom is 0.226 e. The minimum absolute atomic E-state index is 0.160. The van der Waals surface area contributed by atoms with Crippen LogP contribution in [-0.4, -0.2) is 20.5 Å². The van der Waals surface area contributed by atoms with E-state index in [4.69, 9.17) is 5.10 Å². The number of carbonyl (C=O) groups excluding carboxylic acids is 1. The number of aryl methyl sites for hydroxylation is 1. The summed E-state index contributed by atoms with van der Waals surface area (Å²) in [6, 6.07) is 14.2. The van der Waals surface area contributed by atoms with Crippen LogP contribution in [0.2, 0.25) is 0 Å². The highest BCUT2D eigenvalue weighted by Gasteiger charge is 2.36. The van der Waals surface area contributed by atoms with E-state index < -0.39 is 0 Å². The lowest BCUT2D eigenvalue weighted by Crippen LogP contribution is -2.31. The van der Waals surface area contributed by atoms with Crippen LogP contribution >= 0.6 is 0 Å². The van der Waals surface area contributed by atoms with Crippen molar-refractivity contribution >= 4 is 11.7 Å². The van der Waals surface area contributed by atoms with E-state index in [-0.39, 0.29) is 17.6 Å². The quantitative estimate of drug-likeness (QED) is 0.708. The molecule has 1 aliphatic carbocycles. The second-order valence-electron chi connectivity index (χ2n) is 7.50. The Morgan fingerprint density at radius 3 is 2.59 bits per heavy atom. The molecule has 6 heteroatoms. The molecule has 5 rings (SSSR count). The number of Topliss-reactive ketones (excluding diaryl/α,β-unsaturated/α-hetero) is 1. The van der Waals surface area contributed by atoms with Crippen LogP contribution in [0, 0.1) is 5.82 Å². The summed E-state index contributed by atoms with van der Waals surface area (Å²) in [5.41, 5.74) is 4.72. The molecule has 3 aromatic rings. The van der Waals surface area contributed by atoms with Crippen LogP contribution in [0.15, 0.2) is 59.8 Å². The van der Waals surface area contributed by atoms with Gasteiger partial charge in [-0.1, -0.05) is 31.2 Å². The SMILES string of the molecule is CCc1ccc(C2C3=C(CCCC3=O)Nc3nc(-c4ccc(F)cc4)nn32)cc1. The Kier molecular flexibility index (Phi) is 4.27. The molecule has 1 unspecified atom stereocenters. The van der Waals surface area contributed by atoms with Gasteiger partial charge in [-0.05, 0) is 54.7 Å². The van der Waals surface area contributed by atoms with E-state index in [9.17, 15) is 9.18 Å². The summed E-state index contributed by atoms with van der Waals surface area (Å²) < 4.78 is 15.1. The first-order chi connectivity index (χ1) is 14.1. The number of rotatable bonds is 3. The van der Waals surface area contributed by atoms with Gasteiger partial charge in [0.25, 0.3) is 0 Å². The normalized spacial score (nSPS) is 18.3. The Hall–Kier alpha value is -3.28. The number of benzene rings is 2. The number of halogens is 1. The summed E-state index contributed by atoms with van der Waals surface area (Å²) in [6.07, 6.45) is 3.18. The van der Waals surface area contributed by atoms with Crippen LogP contribution in [0.4, 0.5) is 10.3 Å². The maximum atomic E-state index is 13.3. The zero-order chi connectivity index (χ0) is 20.0. The molecule has 2 heterocycles. The van der Waals surface area contributed by atoms with Crippen LogP contribution in [0.1, 0.15) is 43.4 Å². The zero-order valence-electron chi connectivity index (χ0n) is 16.2. The van der Waals surface area contributed by atoms with E-state index in [0.29, 0.717) is 18.2 Å².